The van der Waals surface area contributed by atoms with Crippen LogP contribution in [0, 0.1) is 11.8 Å². The first-order chi connectivity index (χ1) is 8.45. The van der Waals surface area contributed by atoms with E-state index in [4.69, 9.17) is 9.84 Å². The van der Waals surface area contributed by atoms with Crippen molar-refractivity contribution in [2.24, 2.45) is 11.8 Å². The Hall–Kier alpha value is -1.30. The second-order valence-electron chi connectivity index (χ2n) is 4.97. The molecule has 2 unspecified atom stereocenters. The summed E-state index contributed by atoms with van der Waals surface area (Å²) in [7, 11) is 0. The predicted octanol–water partition coefficient (Wildman–Crippen LogP) is 0.773. The van der Waals surface area contributed by atoms with E-state index in [1.165, 1.54) is 0 Å². The smallest absolute Gasteiger partial charge is 0.317 e. The number of carbonyl (C=O) groups is 2. The number of carboxylic acid groups (broad SMARTS) is 1. The van der Waals surface area contributed by atoms with Crippen LogP contribution in [0.2, 0.25) is 0 Å². The molecule has 0 aromatic heterocycles. The van der Waals surface area contributed by atoms with E-state index in [0.717, 1.165) is 0 Å². The maximum absolute atomic E-state index is 12.0. The topological polar surface area (TPSA) is 78.9 Å². The van der Waals surface area contributed by atoms with Gasteiger partial charge in [0.1, 0.15) is 5.92 Å². The third kappa shape index (κ3) is 3.87. The van der Waals surface area contributed by atoms with Crippen LogP contribution in [0.3, 0.4) is 0 Å². The summed E-state index contributed by atoms with van der Waals surface area (Å²) >= 11 is 0. The standard InChI is InChI=1S/C12H22N2O4/c1-4-14(5-8(2)3)12(17)13-10-7-18-6-9(10)11(15)16/h8-10H,4-7H2,1-3H3,(H,13,17)(H,15,16). The van der Waals surface area contributed by atoms with Gasteiger partial charge in [-0.2, -0.15) is 0 Å². The molecule has 6 nitrogen and oxygen atoms in total. The molecule has 0 bridgehead atoms. The number of nitrogens with zero attached hydrogens (tertiary/aromatic N) is 1. The Balaban J connectivity index is 2.54. The van der Waals surface area contributed by atoms with Gasteiger partial charge in [0.05, 0.1) is 19.3 Å². The molecule has 1 aliphatic rings. The molecule has 2 amide bonds. The summed E-state index contributed by atoms with van der Waals surface area (Å²) < 4.78 is 5.11. The Kier molecular flexibility index (Phi) is 5.40. The molecule has 1 heterocycles. The van der Waals surface area contributed by atoms with Crippen molar-refractivity contribution in [3.05, 3.63) is 0 Å². The zero-order chi connectivity index (χ0) is 13.7. The third-order valence-electron chi connectivity index (χ3n) is 2.96. The average Bonchev–Trinajstić information content (AvgIpc) is 2.73. The van der Waals surface area contributed by atoms with Crippen molar-refractivity contribution < 1.29 is 19.4 Å². The number of carboxylic acids is 1. The summed E-state index contributed by atoms with van der Waals surface area (Å²) in [5.74, 6) is -1.19. The Morgan fingerprint density at radius 1 is 1.44 bits per heavy atom. The van der Waals surface area contributed by atoms with Crippen molar-refractivity contribution in [2.45, 2.75) is 26.8 Å². The summed E-state index contributed by atoms with van der Waals surface area (Å²) in [5, 5.41) is 11.7. The third-order valence-corrected chi connectivity index (χ3v) is 2.96. The van der Waals surface area contributed by atoms with Crippen LogP contribution in [0.25, 0.3) is 0 Å². The number of urea groups is 1. The molecule has 18 heavy (non-hydrogen) atoms. The lowest BCUT2D eigenvalue weighted by atomic mass is 10.0. The van der Waals surface area contributed by atoms with Crippen LogP contribution in [-0.2, 0) is 9.53 Å². The van der Waals surface area contributed by atoms with Crippen molar-refractivity contribution in [3.8, 4) is 0 Å². The second kappa shape index (κ2) is 6.58. The van der Waals surface area contributed by atoms with Gasteiger partial charge in [0.25, 0.3) is 0 Å². The fourth-order valence-corrected chi connectivity index (χ4v) is 1.99. The van der Waals surface area contributed by atoms with Crippen molar-refractivity contribution in [2.75, 3.05) is 26.3 Å². The first-order valence-electron chi connectivity index (χ1n) is 6.31. The first-order valence-corrected chi connectivity index (χ1v) is 6.31. The Morgan fingerprint density at radius 2 is 2.11 bits per heavy atom. The van der Waals surface area contributed by atoms with E-state index < -0.39 is 17.9 Å². The Labute approximate surface area is 107 Å². The van der Waals surface area contributed by atoms with Gasteiger partial charge >= 0.3 is 12.0 Å². The van der Waals surface area contributed by atoms with Crippen LogP contribution in [0.1, 0.15) is 20.8 Å². The monoisotopic (exact) mass is 258 g/mol. The van der Waals surface area contributed by atoms with Gasteiger partial charge in [-0.25, -0.2) is 4.79 Å². The summed E-state index contributed by atoms with van der Waals surface area (Å²) in [6, 6.07) is -0.649. The molecule has 1 rings (SSSR count). The molecule has 2 N–H and O–H groups in total. The number of carbonyl (C=O) groups excluding carboxylic acids is 1. The summed E-state index contributed by atoms with van der Waals surface area (Å²) in [4.78, 5) is 24.6. The fourth-order valence-electron chi connectivity index (χ4n) is 1.99. The van der Waals surface area contributed by atoms with Crippen molar-refractivity contribution in [3.63, 3.8) is 0 Å². The first kappa shape index (κ1) is 14.8. The zero-order valence-electron chi connectivity index (χ0n) is 11.2. The van der Waals surface area contributed by atoms with E-state index in [1.807, 2.05) is 20.8 Å². The van der Waals surface area contributed by atoms with Crippen LogP contribution in [0.15, 0.2) is 0 Å². The molecule has 0 aliphatic carbocycles. The minimum absolute atomic E-state index is 0.163. The molecule has 1 aliphatic heterocycles. The number of nitrogens with one attached hydrogen (secondary N) is 1. The molecule has 2 atom stereocenters. The Morgan fingerprint density at radius 3 is 2.61 bits per heavy atom. The number of hydrogen-bond donors (Lipinski definition) is 2. The normalized spacial score (nSPS) is 23.1. The number of hydrogen-bond acceptors (Lipinski definition) is 3. The minimum atomic E-state index is -0.926. The molecule has 0 aromatic carbocycles. The number of rotatable bonds is 5. The maximum Gasteiger partial charge on any atom is 0.317 e. The van der Waals surface area contributed by atoms with Gasteiger partial charge in [-0.05, 0) is 12.8 Å². The number of amides is 2. The summed E-state index contributed by atoms with van der Waals surface area (Å²) in [5.41, 5.74) is 0. The molecule has 104 valence electrons. The SMILES string of the molecule is CCN(CC(C)C)C(=O)NC1COCC1C(=O)O. The lowest BCUT2D eigenvalue weighted by molar-refractivity contribution is -0.142. The highest BCUT2D eigenvalue weighted by atomic mass is 16.5. The van der Waals surface area contributed by atoms with Gasteiger partial charge in [-0.15, -0.1) is 0 Å². The van der Waals surface area contributed by atoms with Crippen molar-refractivity contribution in [1.29, 1.82) is 0 Å². The highest BCUT2D eigenvalue weighted by Crippen LogP contribution is 2.14. The summed E-state index contributed by atoms with van der Waals surface area (Å²) in [6.07, 6.45) is 0. The minimum Gasteiger partial charge on any atom is -0.481 e. The molecule has 0 spiro atoms. The van der Waals surface area contributed by atoms with Crippen molar-refractivity contribution in [1.82, 2.24) is 10.2 Å². The molecule has 6 heteroatoms. The number of aliphatic carboxylic acids is 1. The predicted molar refractivity (Wildman–Crippen MR) is 66.3 cm³/mol. The molecule has 1 saturated heterocycles. The van der Waals surface area contributed by atoms with Gasteiger partial charge < -0.3 is 20.1 Å². The van der Waals surface area contributed by atoms with E-state index in [-0.39, 0.29) is 19.2 Å². The van der Waals surface area contributed by atoms with Gasteiger partial charge in [0, 0.05) is 13.1 Å². The highest BCUT2D eigenvalue weighted by molar-refractivity contribution is 5.77. The van der Waals surface area contributed by atoms with Crippen molar-refractivity contribution >= 4 is 12.0 Å². The van der Waals surface area contributed by atoms with Crippen LogP contribution < -0.4 is 5.32 Å². The van der Waals surface area contributed by atoms with E-state index >= 15 is 0 Å². The van der Waals surface area contributed by atoms with E-state index in [0.29, 0.717) is 19.0 Å². The molecular weight excluding hydrogens is 236 g/mol. The van der Waals surface area contributed by atoms with Crippen LogP contribution in [0.4, 0.5) is 4.79 Å². The van der Waals surface area contributed by atoms with E-state index in [2.05, 4.69) is 5.32 Å². The Bertz CT molecular complexity index is 306. The lowest BCUT2D eigenvalue weighted by Crippen LogP contribution is -2.49. The zero-order valence-corrected chi connectivity index (χ0v) is 11.2. The summed E-state index contributed by atoms with van der Waals surface area (Å²) in [6.45, 7) is 7.67. The number of ether oxygens (including phenoxy) is 1. The quantitative estimate of drug-likeness (QED) is 0.763. The molecule has 0 radical (unpaired) electrons. The highest BCUT2D eigenvalue weighted by Gasteiger charge is 2.35. The van der Waals surface area contributed by atoms with Gasteiger partial charge in [-0.1, -0.05) is 13.8 Å². The van der Waals surface area contributed by atoms with Crippen LogP contribution in [-0.4, -0.2) is 54.4 Å². The van der Waals surface area contributed by atoms with Gasteiger partial charge in [0.2, 0.25) is 0 Å². The van der Waals surface area contributed by atoms with Crippen LogP contribution >= 0.6 is 0 Å². The lowest BCUT2D eigenvalue weighted by Gasteiger charge is -2.26. The maximum atomic E-state index is 12.0. The van der Waals surface area contributed by atoms with E-state index in [9.17, 15) is 9.59 Å². The largest absolute Gasteiger partial charge is 0.481 e. The molecule has 1 fully saturated rings. The molecule has 0 aromatic rings. The van der Waals surface area contributed by atoms with E-state index in [1.54, 1.807) is 4.90 Å². The average molecular weight is 258 g/mol. The van der Waals surface area contributed by atoms with Gasteiger partial charge in [0.15, 0.2) is 0 Å². The molecular formula is C12H22N2O4. The van der Waals surface area contributed by atoms with Gasteiger partial charge in [-0.3, -0.25) is 4.79 Å². The fraction of sp³-hybridized carbons (Fsp3) is 0.833. The van der Waals surface area contributed by atoms with Crippen LogP contribution in [0.5, 0.6) is 0 Å². The molecule has 0 saturated carbocycles. The second-order valence-corrected chi connectivity index (χ2v) is 4.97.